The summed E-state index contributed by atoms with van der Waals surface area (Å²) in [7, 11) is 1.51. The minimum absolute atomic E-state index is 0.0991. The lowest BCUT2D eigenvalue weighted by Gasteiger charge is -2.24. The van der Waals surface area contributed by atoms with E-state index in [1.54, 1.807) is 45.9 Å². The molecule has 122 valence electrons. The zero-order valence-electron chi connectivity index (χ0n) is 13.7. The van der Waals surface area contributed by atoms with Crippen LogP contribution in [0.25, 0.3) is 0 Å². The molecule has 1 aromatic carbocycles. The SMILES string of the molecule is C[C@@H](NC(=O)CN(C)C(=O)OC(C)(C)C)c1cccc(O)c1. The van der Waals surface area contributed by atoms with Gasteiger partial charge >= 0.3 is 6.09 Å². The Morgan fingerprint density at radius 1 is 1.36 bits per heavy atom. The second kappa shape index (κ2) is 7.15. The van der Waals surface area contributed by atoms with E-state index in [0.29, 0.717) is 0 Å². The molecule has 0 heterocycles. The van der Waals surface area contributed by atoms with Crippen molar-refractivity contribution < 1.29 is 19.4 Å². The highest BCUT2D eigenvalue weighted by Gasteiger charge is 2.21. The topological polar surface area (TPSA) is 78.9 Å². The van der Waals surface area contributed by atoms with E-state index in [-0.39, 0.29) is 24.2 Å². The zero-order valence-corrected chi connectivity index (χ0v) is 13.7. The Kier molecular flexibility index (Phi) is 5.79. The average molecular weight is 308 g/mol. The van der Waals surface area contributed by atoms with Gasteiger partial charge in [0.05, 0.1) is 6.04 Å². The zero-order chi connectivity index (χ0) is 16.9. The number of benzene rings is 1. The van der Waals surface area contributed by atoms with Gasteiger partial charge in [-0.1, -0.05) is 12.1 Å². The third kappa shape index (κ3) is 6.03. The van der Waals surface area contributed by atoms with Gasteiger partial charge in [-0.25, -0.2) is 4.79 Å². The van der Waals surface area contributed by atoms with Crippen molar-refractivity contribution in [3.8, 4) is 5.75 Å². The second-order valence-electron chi connectivity index (χ2n) is 6.22. The van der Waals surface area contributed by atoms with Crippen molar-refractivity contribution in [1.82, 2.24) is 10.2 Å². The number of phenolic OH excluding ortho intramolecular Hbond substituents is 1. The summed E-state index contributed by atoms with van der Waals surface area (Å²) in [4.78, 5) is 25.0. The number of hydrogen-bond acceptors (Lipinski definition) is 4. The second-order valence-corrected chi connectivity index (χ2v) is 6.22. The van der Waals surface area contributed by atoms with E-state index in [4.69, 9.17) is 4.74 Å². The maximum atomic E-state index is 12.0. The van der Waals surface area contributed by atoms with Gasteiger partial charge in [0.2, 0.25) is 5.91 Å². The first-order valence-electron chi connectivity index (χ1n) is 7.11. The van der Waals surface area contributed by atoms with E-state index in [9.17, 15) is 14.7 Å². The van der Waals surface area contributed by atoms with Crippen LogP contribution in [0.2, 0.25) is 0 Å². The van der Waals surface area contributed by atoms with Crippen molar-refractivity contribution >= 4 is 12.0 Å². The fraction of sp³-hybridized carbons (Fsp3) is 0.500. The molecular weight excluding hydrogens is 284 g/mol. The van der Waals surface area contributed by atoms with E-state index in [0.717, 1.165) is 5.56 Å². The number of nitrogens with zero attached hydrogens (tertiary/aromatic N) is 1. The molecule has 0 fully saturated rings. The van der Waals surface area contributed by atoms with E-state index >= 15 is 0 Å². The molecule has 1 aromatic rings. The Hall–Kier alpha value is -2.24. The summed E-state index contributed by atoms with van der Waals surface area (Å²) in [6, 6.07) is 6.39. The van der Waals surface area contributed by atoms with Crippen LogP contribution in [-0.4, -0.2) is 41.2 Å². The van der Waals surface area contributed by atoms with Gasteiger partial charge in [0.25, 0.3) is 0 Å². The standard InChI is InChI=1S/C16H24N2O4/c1-11(12-7-6-8-13(19)9-12)17-14(20)10-18(5)15(21)22-16(2,3)4/h6-9,11,19H,10H2,1-5H3,(H,17,20)/t11-/m1/s1. The fourth-order valence-electron chi connectivity index (χ4n) is 1.78. The van der Waals surface area contributed by atoms with Crippen molar-refractivity contribution in [2.24, 2.45) is 0 Å². The van der Waals surface area contributed by atoms with E-state index in [1.165, 1.54) is 11.9 Å². The van der Waals surface area contributed by atoms with E-state index < -0.39 is 11.7 Å². The molecule has 0 aliphatic carbocycles. The third-order valence-electron chi connectivity index (χ3n) is 2.83. The van der Waals surface area contributed by atoms with Crippen LogP contribution in [-0.2, 0) is 9.53 Å². The molecule has 0 bridgehead atoms. The average Bonchev–Trinajstić information content (AvgIpc) is 2.36. The van der Waals surface area contributed by atoms with Crippen LogP contribution in [0.15, 0.2) is 24.3 Å². The first-order chi connectivity index (χ1) is 10.1. The molecule has 22 heavy (non-hydrogen) atoms. The number of phenols is 1. The minimum Gasteiger partial charge on any atom is -0.508 e. The Labute approximate surface area is 131 Å². The molecule has 2 N–H and O–H groups in total. The summed E-state index contributed by atoms with van der Waals surface area (Å²) < 4.78 is 5.18. The number of amides is 2. The third-order valence-corrected chi connectivity index (χ3v) is 2.83. The summed E-state index contributed by atoms with van der Waals surface area (Å²) >= 11 is 0. The maximum absolute atomic E-state index is 12.0. The number of likely N-dealkylation sites (N-methyl/N-ethyl adjacent to an activating group) is 1. The van der Waals surface area contributed by atoms with Gasteiger partial charge in [-0.05, 0) is 45.4 Å². The van der Waals surface area contributed by atoms with Gasteiger partial charge < -0.3 is 20.1 Å². The number of aromatic hydroxyl groups is 1. The summed E-state index contributed by atoms with van der Waals surface area (Å²) in [5.41, 5.74) is 0.185. The first-order valence-corrected chi connectivity index (χ1v) is 7.11. The highest BCUT2D eigenvalue weighted by Crippen LogP contribution is 2.17. The number of rotatable bonds is 4. The fourth-order valence-corrected chi connectivity index (χ4v) is 1.78. The summed E-state index contributed by atoms with van der Waals surface area (Å²) in [5.74, 6) is -0.159. The van der Waals surface area contributed by atoms with Crippen molar-refractivity contribution in [1.29, 1.82) is 0 Å². The van der Waals surface area contributed by atoms with Gasteiger partial charge in [-0.15, -0.1) is 0 Å². The molecule has 0 aliphatic heterocycles. The molecule has 0 radical (unpaired) electrons. The number of carbonyl (C=O) groups is 2. The molecule has 1 atom stereocenters. The Balaban J connectivity index is 2.53. The number of ether oxygens (including phenoxy) is 1. The van der Waals surface area contributed by atoms with Gasteiger partial charge in [0.1, 0.15) is 17.9 Å². The molecular formula is C16H24N2O4. The molecule has 6 heteroatoms. The van der Waals surface area contributed by atoms with E-state index in [2.05, 4.69) is 5.32 Å². The van der Waals surface area contributed by atoms with Gasteiger partial charge in [0.15, 0.2) is 0 Å². The van der Waals surface area contributed by atoms with Crippen LogP contribution in [0, 0.1) is 0 Å². The van der Waals surface area contributed by atoms with Crippen LogP contribution in [0.4, 0.5) is 4.79 Å². The molecule has 0 aliphatic rings. The van der Waals surface area contributed by atoms with E-state index in [1.807, 2.05) is 6.07 Å². The van der Waals surface area contributed by atoms with Gasteiger partial charge in [-0.2, -0.15) is 0 Å². The lowest BCUT2D eigenvalue weighted by molar-refractivity contribution is -0.122. The monoisotopic (exact) mass is 308 g/mol. The van der Waals surface area contributed by atoms with Crippen LogP contribution in [0.1, 0.15) is 39.3 Å². The quantitative estimate of drug-likeness (QED) is 0.895. The predicted molar refractivity (Wildman–Crippen MR) is 83.5 cm³/mol. The van der Waals surface area contributed by atoms with Crippen molar-refractivity contribution in [3.63, 3.8) is 0 Å². The lowest BCUT2D eigenvalue weighted by atomic mass is 10.1. The predicted octanol–water partition coefficient (Wildman–Crippen LogP) is 2.44. The van der Waals surface area contributed by atoms with Crippen molar-refractivity contribution in [2.75, 3.05) is 13.6 Å². The molecule has 2 amide bonds. The summed E-state index contributed by atoms with van der Waals surface area (Å²) in [6.45, 7) is 7.01. The summed E-state index contributed by atoms with van der Waals surface area (Å²) in [6.07, 6.45) is -0.548. The lowest BCUT2D eigenvalue weighted by Crippen LogP contribution is -2.41. The molecule has 6 nitrogen and oxygen atoms in total. The smallest absolute Gasteiger partial charge is 0.410 e. The Morgan fingerprint density at radius 2 is 2.00 bits per heavy atom. The van der Waals surface area contributed by atoms with Crippen LogP contribution in [0.5, 0.6) is 5.75 Å². The van der Waals surface area contributed by atoms with Crippen molar-refractivity contribution in [3.05, 3.63) is 29.8 Å². The Morgan fingerprint density at radius 3 is 2.55 bits per heavy atom. The van der Waals surface area contributed by atoms with Crippen molar-refractivity contribution in [2.45, 2.75) is 39.3 Å². The highest BCUT2D eigenvalue weighted by atomic mass is 16.6. The van der Waals surface area contributed by atoms with Crippen LogP contribution in [0.3, 0.4) is 0 Å². The number of hydrogen-bond donors (Lipinski definition) is 2. The maximum Gasteiger partial charge on any atom is 0.410 e. The molecule has 0 saturated heterocycles. The van der Waals surface area contributed by atoms with Gasteiger partial charge in [-0.3, -0.25) is 4.79 Å². The molecule has 0 spiro atoms. The van der Waals surface area contributed by atoms with Crippen LogP contribution < -0.4 is 5.32 Å². The molecule has 0 unspecified atom stereocenters. The summed E-state index contributed by atoms with van der Waals surface area (Å²) in [5, 5.41) is 12.2. The number of nitrogens with one attached hydrogen (secondary N) is 1. The van der Waals surface area contributed by atoms with Gasteiger partial charge in [0, 0.05) is 7.05 Å². The highest BCUT2D eigenvalue weighted by molar-refractivity contribution is 5.82. The molecule has 0 aromatic heterocycles. The molecule has 0 saturated carbocycles. The Bertz CT molecular complexity index is 537. The first kappa shape index (κ1) is 17.8. The minimum atomic E-state index is -0.601. The molecule has 1 rings (SSSR count). The number of carbonyl (C=O) groups excluding carboxylic acids is 2. The normalized spacial score (nSPS) is 12.4. The van der Waals surface area contributed by atoms with Crippen LogP contribution >= 0.6 is 0 Å². The largest absolute Gasteiger partial charge is 0.508 e.